The smallest absolute Gasteiger partial charge is 0.218 e. The fraction of sp³-hybridized carbons (Fsp3) is 0.375. The lowest BCUT2D eigenvalue weighted by Gasteiger charge is -2.10. The third-order valence-electron chi connectivity index (χ3n) is 2.47. The van der Waals surface area contributed by atoms with Gasteiger partial charge in [-0.3, -0.25) is 0 Å². The van der Waals surface area contributed by atoms with Crippen molar-refractivity contribution >= 4 is 75.5 Å². The Morgan fingerprint density at radius 3 is 2.61 bits per heavy atom. The second kappa shape index (κ2) is 5.19. The number of nitrogens with zero attached hydrogens (tertiary/aromatic N) is 5. The van der Waals surface area contributed by atoms with E-state index in [1.54, 1.807) is 11.8 Å². The summed E-state index contributed by atoms with van der Waals surface area (Å²) in [5, 5.41) is 5.64. The average Bonchev–Trinajstić information content (AvgIpc) is 2.86. The summed E-state index contributed by atoms with van der Waals surface area (Å²) in [7, 11) is 0. The van der Waals surface area contributed by atoms with Crippen LogP contribution in [0.2, 0.25) is 0 Å². The van der Waals surface area contributed by atoms with Crippen molar-refractivity contribution in [3.8, 4) is 0 Å². The van der Waals surface area contributed by atoms with Crippen molar-refractivity contribution in [2.24, 2.45) is 0 Å². The largest absolute Gasteiger partial charge is 0.311 e. The third kappa shape index (κ3) is 2.46. The lowest BCUT2D eigenvalue weighted by Crippen LogP contribution is -2.15. The van der Waals surface area contributed by atoms with E-state index < -0.39 is 0 Å². The van der Waals surface area contributed by atoms with Gasteiger partial charge < -0.3 is 4.57 Å². The van der Waals surface area contributed by atoms with E-state index in [1.807, 2.05) is 4.68 Å². The molecule has 0 N–H and O–H groups in total. The Morgan fingerprint density at radius 2 is 2.00 bits per heavy atom. The Morgan fingerprint density at radius 1 is 1.22 bits per heavy atom. The minimum absolute atomic E-state index is 0.404. The second-order valence-corrected chi connectivity index (χ2v) is 7.85. The first-order valence-corrected chi connectivity index (χ1v) is 8.94. The van der Waals surface area contributed by atoms with Gasteiger partial charge in [-0.15, -0.1) is 5.10 Å². The van der Waals surface area contributed by atoms with Gasteiger partial charge in [0.1, 0.15) is 9.21 Å². The van der Waals surface area contributed by atoms with Gasteiger partial charge in [-0.05, 0) is 63.7 Å². The predicted molar refractivity (Wildman–Crippen MR) is 82.7 cm³/mol. The maximum Gasteiger partial charge on any atom is 0.218 e. The average molecular weight is 523 g/mol. The molecule has 0 fully saturated rings. The molecule has 96 valence electrons. The van der Waals surface area contributed by atoms with Gasteiger partial charge in [-0.2, -0.15) is 4.98 Å². The van der Waals surface area contributed by atoms with Gasteiger partial charge in [0.05, 0.1) is 11.8 Å². The lowest BCUT2D eigenvalue weighted by molar-refractivity contribution is 0.526. The zero-order valence-corrected chi connectivity index (χ0v) is 15.8. The molecule has 0 amide bonds. The molecule has 1 unspecified atom stereocenters. The molecule has 0 saturated heterocycles. The van der Waals surface area contributed by atoms with Crippen LogP contribution in [0.15, 0.2) is 23.8 Å². The highest BCUT2D eigenvalue weighted by Crippen LogP contribution is 2.34. The number of fused-ring (bicyclic) bond motifs is 1. The van der Waals surface area contributed by atoms with Gasteiger partial charge in [0, 0.05) is 6.54 Å². The van der Waals surface area contributed by atoms with E-state index in [-0.39, 0.29) is 0 Å². The Kier molecular flexibility index (Phi) is 3.92. The van der Waals surface area contributed by atoms with Crippen LogP contribution >= 0.6 is 75.5 Å². The van der Waals surface area contributed by atoms with Gasteiger partial charge in [-0.1, -0.05) is 11.8 Å². The van der Waals surface area contributed by atoms with Gasteiger partial charge in [0.15, 0.2) is 9.89 Å². The minimum atomic E-state index is 0.404. The molecule has 0 aliphatic carbocycles. The van der Waals surface area contributed by atoms with Crippen LogP contribution in [0, 0.1) is 0 Å². The summed E-state index contributed by atoms with van der Waals surface area (Å²) in [4.78, 5) is 8.61. The molecule has 5 nitrogen and oxygen atoms in total. The van der Waals surface area contributed by atoms with Crippen molar-refractivity contribution in [2.45, 2.75) is 23.5 Å². The Hall–Kier alpha value is 0.620. The molecule has 10 heteroatoms. The molecule has 0 aromatic carbocycles. The van der Waals surface area contributed by atoms with Crippen LogP contribution < -0.4 is 0 Å². The molecule has 3 heterocycles. The summed E-state index contributed by atoms with van der Waals surface area (Å²) >= 11 is 15.4. The first-order chi connectivity index (χ1) is 8.54. The number of thioether (sulfide) groups is 1. The van der Waals surface area contributed by atoms with E-state index in [0.717, 1.165) is 32.2 Å². The fourth-order valence-electron chi connectivity index (χ4n) is 1.72. The van der Waals surface area contributed by atoms with E-state index in [0.29, 0.717) is 9.98 Å². The highest BCUT2D eigenvalue weighted by molar-refractivity contribution is 9.13. The second-order valence-electron chi connectivity index (χ2n) is 3.66. The Labute approximate surface area is 141 Å². The molecule has 1 atom stereocenters. The van der Waals surface area contributed by atoms with E-state index in [9.17, 15) is 0 Å². The zero-order valence-electron chi connectivity index (χ0n) is 8.65. The van der Waals surface area contributed by atoms with Crippen LogP contribution in [0.5, 0.6) is 0 Å². The molecule has 3 rings (SSSR count). The molecule has 18 heavy (non-hydrogen) atoms. The molecular weight excluding hydrogens is 518 g/mol. The van der Waals surface area contributed by atoms with E-state index >= 15 is 0 Å². The summed E-state index contributed by atoms with van der Waals surface area (Å²) in [5.41, 5.74) is 0. The zero-order chi connectivity index (χ0) is 12.9. The van der Waals surface area contributed by atoms with Gasteiger partial charge >= 0.3 is 0 Å². The van der Waals surface area contributed by atoms with Crippen molar-refractivity contribution in [2.75, 3.05) is 0 Å². The normalized spacial score (nSPS) is 18.3. The number of hydrogen-bond acceptors (Lipinski definition) is 4. The van der Waals surface area contributed by atoms with E-state index in [1.165, 1.54) is 0 Å². The fourth-order valence-corrected chi connectivity index (χ4v) is 5.07. The number of hydrogen-bond donors (Lipinski definition) is 0. The molecule has 2 aromatic heterocycles. The maximum atomic E-state index is 4.31. The predicted octanol–water partition coefficient (Wildman–Crippen LogP) is 3.70. The van der Waals surface area contributed by atoms with Gasteiger partial charge in [-0.25, -0.2) is 9.67 Å². The van der Waals surface area contributed by atoms with Crippen LogP contribution in [0.4, 0.5) is 0 Å². The van der Waals surface area contributed by atoms with Crippen molar-refractivity contribution in [1.82, 2.24) is 24.3 Å². The van der Waals surface area contributed by atoms with E-state index in [2.05, 4.69) is 83.4 Å². The Bertz CT molecular complexity index is 585. The van der Waals surface area contributed by atoms with E-state index in [4.69, 9.17) is 0 Å². The molecule has 0 radical (unpaired) electrons. The third-order valence-corrected chi connectivity index (χ3v) is 6.44. The van der Waals surface area contributed by atoms with Crippen LogP contribution in [0.25, 0.3) is 0 Å². The molecule has 0 saturated carbocycles. The topological polar surface area (TPSA) is 48.5 Å². The minimum Gasteiger partial charge on any atom is -0.311 e. The van der Waals surface area contributed by atoms with Crippen molar-refractivity contribution in [3.63, 3.8) is 0 Å². The first kappa shape index (κ1) is 13.6. The highest BCUT2D eigenvalue weighted by Gasteiger charge is 2.27. The van der Waals surface area contributed by atoms with Crippen LogP contribution in [0.3, 0.4) is 0 Å². The van der Waals surface area contributed by atoms with Crippen LogP contribution in [-0.4, -0.2) is 29.6 Å². The first-order valence-electron chi connectivity index (χ1n) is 4.88. The molecular formula is C8H5Br4N5S. The molecule has 0 bridgehead atoms. The monoisotopic (exact) mass is 519 g/mol. The number of halogens is 4. The summed E-state index contributed by atoms with van der Waals surface area (Å²) in [6.07, 6.45) is 0. The Balaban J connectivity index is 1.78. The summed E-state index contributed by atoms with van der Waals surface area (Å²) in [6.45, 7) is 1.69. The quantitative estimate of drug-likeness (QED) is 0.604. The number of imidazole rings is 1. The van der Waals surface area contributed by atoms with Crippen molar-refractivity contribution in [1.29, 1.82) is 0 Å². The number of aromatic nitrogens is 5. The summed E-state index contributed by atoms with van der Waals surface area (Å²) in [6, 6.07) is 0. The van der Waals surface area contributed by atoms with Crippen molar-refractivity contribution in [3.05, 3.63) is 18.7 Å². The maximum absolute atomic E-state index is 4.31. The van der Waals surface area contributed by atoms with Crippen LogP contribution in [0.1, 0.15) is 0 Å². The lowest BCUT2D eigenvalue weighted by atomic mass is 10.4. The van der Waals surface area contributed by atoms with Gasteiger partial charge in [0.25, 0.3) is 0 Å². The van der Waals surface area contributed by atoms with Gasteiger partial charge in [0.2, 0.25) is 4.73 Å². The van der Waals surface area contributed by atoms with Crippen LogP contribution in [-0.2, 0) is 13.1 Å². The summed E-state index contributed by atoms with van der Waals surface area (Å²) in [5.74, 6) is 0. The summed E-state index contributed by atoms with van der Waals surface area (Å²) < 4.78 is 7.19. The number of rotatable bonds is 2. The molecule has 2 aromatic rings. The SMILES string of the molecule is Brc1nc2n(n1)CC(Cn1c(Br)nc(Br)c1Br)S2. The van der Waals surface area contributed by atoms with Crippen molar-refractivity contribution < 1.29 is 0 Å². The molecule has 1 aliphatic heterocycles. The molecule has 0 spiro atoms. The molecule has 1 aliphatic rings. The highest BCUT2D eigenvalue weighted by atomic mass is 79.9. The standard InChI is InChI=1S/C8H5Br4N5S/c9-4-5(10)16(7(12)13-4)1-3-2-17-8(18-3)14-6(11)15-17/h3H,1-2H2.